The summed E-state index contributed by atoms with van der Waals surface area (Å²) in [4.78, 5) is 28.6. The maximum Gasteiger partial charge on any atom is 0.320 e. The number of nitrogens with one attached hydrogen (secondary N) is 1. The minimum Gasteiger partial charge on any atom is -0.465 e. The highest BCUT2D eigenvalue weighted by Gasteiger charge is 2.54. The average Bonchev–Trinajstić information content (AvgIpc) is 2.94. The van der Waals surface area contributed by atoms with Crippen LogP contribution in [0.15, 0.2) is 36.2 Å². The summed E-state index contributed by atoms with van der Waals surface area (Å²) in [5, 5.41) is 8.40. The molecule has 1 aromatic carbocycles. The molecule has 2 aliphatic rings. The number of rotatable bonds is 3. The summed E-state index contributed by atoms with van der Waals surface area (Å²) < 4.78 is 5.12. The fourth-order valence-corrected chi connectivity index (χ4v) is 3.20. The van der Waals surface area contributed by atoms with Crippen molar-refractivity contribution in [1.82, 2.24) is 4.90 Å². The topological polar surface area (TPSA) is 73.7 Å². The number of nitrogens with zero attached hydrogens (tertiary/aromatic N) is 2. The van der Waals surface area contributed by atoms with Crippen LogP contribution in [-0.2, 0) is 9.53 Å². The van der Waals surface area contributed by atoms with E-state index in [1.165, 1.54) is 0 Å². The molecule has 23 heavy (non-hydrogen) atoms. The molecule has 0 aromatic heterocycles. The van der Waals surface area contributed by atoms with Crippen molar-refractivity contribution in [2.75, 3.05) is 25.6 Å². The zero-order valence-corrected chi connectivity index (χ0v) is 13.4. The molecule has 120 valence electrons. The molecule has 2 heterocycles. The van der Waals surface area contributed by atoms with Crippen molar-refractivity contribution in [3.63, 3.8) is 0 Å². The molecule has 0 amide bonds. The number of ether oxygens (including phenoxy) is 1. The lowest BCUT2D eigenvalue weighted by molar-refractivity contribution is -0.144. The van der Waals surface area contributed by atoms with Crippen molar-refractivity contribution in [2.24, 2.45) is 5.92 Å². The lowest BCUT2D eigenvalue weighted by Gasteiger charge is -2.22. The van der Waals surface area contributed by atoms with E-state index in [0.29, 0.717) is 11.3 Å². The normalized spacial score (nSPS) is 24.0. The number of carbonyl (C=O) groups is 2. The number of fused-ring (bicyclic) bond motifs is 3. The zero-order valence-electron chi connectivity index (χ0n) is 13.4. The van der Waals surface area contributed by atoms with E-state index in [-0.39, 0.29) is 18.1 Å². The predicted octanol–water partition coefficient (Wildman–Crippen LogP) is 1.67. The lowest BCUT2D eigenvalue weighted by atomic mass is 9.96. The molecular weight excluding hydrogens is 294 g/mol. The van der Waals surface area contributed by atoms with Gasteiger partial charge < -0.3 is 19.9 Å². The van der Waals surface area contributed by atoms with Gasteiger partial charge in [-0.05, 0) is 19.1 Å². The third-order valence-electron chi connectivity index (χ3n) is 4.03. The van der Waals surface area contributed by atoms with Gasteiger partial charge in [0, 0.05) is 25.9 Å². The lowest BCUT2D eigenvalue weighted by Crippen LogP contribution is -2.34. The Morgan fingerprint density at radius 2 is 2.09 bits per heavy atom. The van der Waals surface area contributed by atoms with Crippen LogP contribution in [0.3, 0.4) is 0 Å². The maximum atomic E-state index is 12.7. The van der Waals surface area contributed by atoms with Gasteiger partial charge in [-0.25, -0.2) is 0 Å². The van der Waals surface area contributed by atoms with Gasteiger partial charge in [0.1, 0.15) is 12.0 Å². The number of para-hydroxylation sites is 1. The summed E-state index contributed by atoms with van der Waals surface area (Å²) in [7, 11) is 3.69. The monoisotopic (exact) mass is 313 g/mol. The minimum atomic E-state index is -0.834. The quantitative estimate of drug-likeness (QED) is 0.859. The van der Waals surface area contributed by atoms with E-state index >= 15 is 0 Å². The number of anilines is 1. The minimum absolute atomic E-state index is 0.0813. The molecule has 6 heteroatoms. The summed E-state index contributed by atoms with van der Waals surface area (Å²) in [6, 6.07) is 6.52. The van der Waals surface area contributed by atoms with Crippen LogP contribution < -0.4 is 4.90 Å². The van der Waals surface area contributed by atoms with Crippen LogP contribution in [0.1, 0.15) is 17.3 Å². The summed E-state index contributed by atoms with van der Waals surface area (Å²) in [6.07, 6.45) is 1.78. The Bertz CT molecular complexity index is 724. The number of Topliss-reactive ketones (excluding diaryl/α,β-unsaturated/α-hetero) is 1. The van der Waals surface area contributed by atoms with Crippen LogP contribution in [0.5, 0.6) is 0 Å². The highest BCUT2D eigenvalue weighted by Crippen LogP contribution is 2.44. The standard InChI is InChI=1S/C17H19N3O3/c1-4-23-17(22)13-12(9-19(2)3)20-11-8-6-5-7-10(11)16(21)15(20)14(13)18/h5-9,13,15,18H,4H2,1-3H3. The summed E-state index contributed by atoms with van der Waals surface area (Å²) in [6.45, 7) is 1.97. The Hall–Kier alpha value is -2.63. The van der Waals surface area contributed by atoms with E-state index < -0.39 is 17.9 Å². The molecule has 2 atom stereocenters. The predicted molar refractivity (Wildman–Crippen MR) is 86.7 cm³/mol. The van der Waals surface area contributed by atoms with Crippen LogP contribution in [0, 0.1) is 11.3 Å². The molecule has 0 spiro atoms. The number of esters is 1. The molecule has 1 aromatic rings. The number of carbonyl (C=O) groups excluding carboxylic acids is 2. The van der Waals surface area contributed by atoms with Crippen LogP contribution >= 0.6 is 0 Å². The molecular formula is C17H19N3O3. The number of hydrogen-bond acceptors (Lipinski definition) is 6. The van der Waals surface area contributed by atoms with Crippen molar-refractivity contribution >= 4 is 23.2 Å². The van der Waals surface area contributed by atoms with Gasteiger partial charge in [0.2, 0.25) is 0 Å². The highest BCUT2D eigenvalue weighted by atomic mass is 16.5. The van der Waals surface area contributed by atoms with Gasteiger partial charge in [-0.3, -0.25) is 9.59 Å². The van der Waals surface area contributed by atoms with Crippen molar-refractivity contribution in [1.29, 1.82) is 5.41 Å². The molecule has 0 saturated carbocycles. The average molecular weight is 313 g/mol. The molecule has 1 N–H and O–H groups in total. The SMILES string of the molecule is CCOC(=O)C1C(=N)C2C(=O)c3ccccc3N2C1=CN(C)C. The van der Waals surface area contributed by atoms with Crippen molar-refractivity contribution in [3.8, 4) is 0 Å². The first kappa shape index (κ1) is 15.3. The second-order valence-corrected chi connectivity index (χ2v) is 5.81. The van der Waals surface area contributed by atoms with E-state index in [0.717, 1.165) is 5.69 Å². The second kappa shape index (κ2) is 5.53. The van der Waals surface area contributed by atoms with Crippen LogP contribution in [0.25, 0.3) is 0 Å². The fraction of sp³-hybridized carbons (Fsp3) is 0.353. The van der Waals surface area contributed by atoms with E-state index in [4.69, 9.17) is 10.1 Å². The second-order valence-electron chi connectivity index (χ2n) is 5.81. The Kier molecular flexibility index (Phi) is 3.67. The molecule has 0 aliphatic carbocycles. The zero-order chi connectivity index (χ0) is 16.7. The van der Waals surface area contributed by atoms with Crippen molar-refractivity contribution in [2.45, 2.75) is 13.0 Å². The van der Waals surface area contributed by atoms with E-state index in [9.17, 15) is 9.59 Å². The first-order valence-corrected chi connectivity index (χ1v) is 7.53. The molecule has 3 rings (SSSR count). The Morgan fingerprint density at radius 3 is 2.74 bits per heavy atom. The van der Waals surface area contributed by atoms with E-state index in [1.54, 1.807) is 30.2 Å². The summed E-state index contributed by atoms with van der Waals surface area (Å²) in [5.74, 6) is -1.45. The molecule has 1 fully saturated rings. The van der Waals surface area contributed by atoms with Gasteiger partial charge in [0.05, 0.1) is 23.7 Å². The van der Waals surface area contributed by atoms with Gasteiger partial charge in [0.15, 0.2) is 5.78 Å². The Morgan fingerprint density at radius 1 is 1.39 bits per heavy atom. The summed E-state index contributed by atoms with van der Waals surface area (Å²) in [5.41, 5.74) is 2.03. The van der Waals surface area contributed by atoms with Gasteiger partial charge in [-0.1, -0.05) is 12.1 Å². The van der Waals surface area contributed by atoms with Crippen LogP contribution in [0.2, 0.25) is 0 Å². The summed E-state index contributed by atoms with van der Waals surface area (Å²) >= 11 is 0. The molecule has 2 unspecified atom stereocenters. The molecule has 0 bridgehead atoms. The Labute approximate surface area is 134 Å². The third-order valence-corrected chi connectivity index (χ3v) is 4.03. The first-order valence-electron chi connectivity index (χ1n) is 7.53. The smallest absolute Gasteiger partial charge is 0.320 e. The maximum absolute atomic E-state index is 12.7. The van der Waals surface area contributed by atoms with Crippen molar-refractivity contribution in [3.05, 3.63) is 41.7 Å². The Balaban J connectivity index is 2.14. The van der Waals surface area contributed by atoms with Gasteiger partial charge in [0.25, 0.3) is 0 Å². The third kappa shape index (κ3) is 2.21. The van der Waals surface area contributed by atoms with E-state index in [2.05, 4.69) is 0 Å². The number of benzene rings is 1. The van der Waals surface area contributed by atoms with Gasteiger partial charge >= 0.3 is 5.97 Å². The molecule has 0 radical (unpaired) electrons. The first-order chi connectivity index (χ1) is 11.0. The molecule has 6 nitrogen and oxygen atoms in total. The number of ketones is 1. The van der Waals surface area contributed by atoms with Gasteiger partial charge in [-0.15, -0.1) is 0 Å². The largest absolute Gasteiger partial charge is 0.465 e. The number of hydrogen-bond donors (Lipinski definition) is 1. The highest BCUT2D eigenvalue weighted by molar-refractivity contribution is 6.30. The van der Waals surface area contributed by atoms with Crippen LogP contribution in [-0.4, -0.2) is 49.1 Å². The van der Waals surface area contributed by atoms with Gasteiger partial charge in [-0.2, -0.15) is 0 Å². The molecule has 2 aliphatic heterocycles. The fourth-order valence-electron chi connectivity index (χ4n) is 3.20. The van der Waals surface area contributed by atoms with Crippen LogP contribution in [0.4, 0.5) is 5.69 Å². The molecule has 1 saturated heterocycles. The van der Waals surface area contributed by atoms with Crippen molar-refractivity contribution < 1.29 is 14.3 Å². The van der Waals surface area contributed by atoms with E-state index in [1.807, 2.05) is 31.1 Å².